The lowest BCUT2D eigenvalue weighted by Crippen LogP contribution is -2.63. The van der Waals surface area contributed by atoms with Gasteiger partial charge >= 0.3 is 0 Å². The number of hydrogen-bond acceptors (Lipinski definition) is 4. The van der Waals surface area contributed by atoms with Crippen LogP contribution in [0.25, 0.3) is 0 Å². The van der Waals surface area contributed by atoms with Crippen molar-refractivity contribution < 1.29 is 14.5 Å². The molecule has 6 nitrogen and oxygen atoms in total. The fraction of sp³-hybridized carbons (Fsp3) is 0.632. The van der Waals surface area contributed by atoms with E-state index in [1.807, 2.05) is 0 Å². The summed E-state index contributed by atoms with van der Waals surface area (Å²) in [4.78, 5) is 23.1. The van der Waals surface area contributed by atoms with E-state index in [2.05, 4.69) is 5.32 Å². The number of ether oxygens (including phenoxy) is 1. The predicted molar refractivity (Wildman–Crippen MR) is 97.2 cm³/mol. The highest BCUT2D eigenvalue weighted by atomic mass is 35.5. The zero-order valence-electron chi connectivity index (χ0n) is 14.7. The first-order valence-corrected chi connectivity index (χ1v) is 9.58. The van der Waals surface area contributed by atoms with E-state index in [1.165, 1.54) is 50.3 Å². The number of hydrogen-bond donors (Lipinski definition) is 1. The van der Waals surface area contributed by atoms with Gasteiger partial charge in [-0.15, -0.1) is 0 Å². The van der Waals surface area contributed by atoms with Gasteiger partial charge < -0.3 is 10.1 Å². The first-order valence-electron chi connectivity index (χ1n) is 9.20. The van der Waals surface area contributed by atoms with Crippen LogP contribution in [0, 0.1) is 33.8 Å². The number of non-ortho nitro benzene ring substituents is 1. The van der Waals surface area contributed by atoms with Crippen LogP contribution in [0.3, 0.4) is 0 Å². The first-order chi connectivity index (χ1) is 12.4. The van der Waals surface area contributed by atoms with Crippen molar-refractivity contribution in [2.75, 3.05) is 13.7 Å². The number of carbonyl (C=O) groups is 1. The first kappa shape index (κ1) is 17.7. The van der Waals surface area contributed by atoms with Gasteiger partial charge in [0.1, 0.15) is 0 Å². The lowest BCUT2D eigenvalue weighted by Gasteiger charge is -2.60. The summed E-state index contributed by atoms with van der Waals surface area (Å²) < 4.78 is 6.04. The van der Waals surface area contributed by atoms with E-state index in [1.54, 1.807) is 7.11 Å². The maximum absolute atomic E-state index is 12.7. The molecular weight excluding hydrogens is 356 g/mol. The van der Waals surface area contributed by atoms with Crippen LogP contribution < -0.4 is 5.32 Å². The van der Waals surface area contributed by atoms with E-state index >= 15 is 0 Å². The van der Waals surface area contributed by atoms with Crippen LogP contribution in [0.4, 0.5) is 5.69 Å². The Balaban J connectivity index is 1.52. The third kappa shape index (κ3) is 2.79. The molecule has 140 valence electrons. The molecule has 4 aliphatic rings. The van der Waals surface area contributed by atoms with E-state index in [9.17, 15) is 14.9 Å². The summed E-state index contributed by atoms with van der Waals surface area (Å²) in [5.74, 6) is 2.18. The number of rotatable bonds is 5. The summed E-state index contributed by atoms with van der Waals surface area (Å²) >= 11 is 6.09. The average molecular weight is 379 g/mol. The molecule has 0 atom stereocenters. The molecule has 5 rings (SSSR count). The molecule has 26 heavy (non-hydrogen) atoms. The molecule has 1 N–H and O–H groups in total. The quantitative estimate of drug-likeness (QED) is 0.623. The molecular formula is C19H23ClN2O4. The SMILES string of the molecule is COC1(CNC(=O)c2cc([N+](=O)[O-])ccc2Cl)C2CC3CC(C2)CC1C3. The number of nitrogens with one attached hydrogen (secondary N) is 1. The van der Waals surface area contributed by atoms with E-state index in [4.69, 9.17) is 16.3 Å². The molecule has 0 radical (unpaired) electrons. The standard InChI is InChI=1S/C19H23ClN2O4/c1-26-19(13-5-11-4-12(7-13)8-14(19)6-11)10-21-18(23)16-9-15(22(24)25)2-3-17(16)20/h2-3,9,11-14H,4-8,10H2,1H3,(H,21,23). The molecule has 0 spiro atoms. The summed E-state index contributed by atoms with van der Waals surface area (Å²) in [5, 5.41) is 14.1. The summed E-state index contributed by atoms with van der Waals surface area (Å²) in [7, 11) is 1.74. The van der Waals surface area contributed by atoms with E-state index < -0.39 is 4.92 Å². The number of carbonyl (C=O) groups excluding carboxylic acids is 1. The van der Waals surface area contributed by atoms with E-state index in [-0.39, 0.29) is 27.8 Å². The minimum absolute atomic E-state index is 0.135. The molecule has 0 aromatic heterocycles. The Labute approximate surface area is 157 Å². The topological polar surface area (TPSA) is 81.5 Å². The fourth-order valence-corrected chi connectivity index (χ4v) is 5.99. The number of benzene rings is 1. The van der Waals surface area contributed by atoms with Gasteiger partial charge in [-0.2, -0.15) is 0 Å². The minimum atomic E-state index is -0.526. The van der Waals surface area contributed by atoms with Crippen molar-refractivity contribution >= 4 is 23.2 Å². The van der Waals surface area contributed by atoms with Crippen molar-refractivity contribution in [3.63, 3.8) is 0 Å². The Kier molecular flexibility index (Phi) is 4.43. The third-order valence-corrected chi connectivity index (χ3v) is 7.16. The second kappa shape index (κ2) is 6.50. The second-order valence-corrected chi connectivity index (χ2v) is 8.47. The van der Waals surface area contributed by atoms with Crippen LogP contribution in [0.1, 0.15) is 42.5 Å². The van der Waals surface area contributed by atoms with Gasteiger partial charge in [-0.1, -0.05) is 11.6 Å². The van der Waals surface area contributed by atoms with Crippen molar-refractivity contribution in [2.24, 2.45) is 23.7 Å². The van der Waals surface area contributed by atoms with Gasteiger partial charge in [0, 0.05) is 25.8 Å². The smallest absolute Gasteiger partial charge is 0.270 e. The Bertz CT molecular complexity index is 723. The van der Waals surface area contributed by atoms with Crippen LogP contribution in [0.15, 0.2) is 18.2 Å². The van der Waals surface area contributed by atoms with Crippen molar-refractivity contribution in [2.45, 2.75) is 37.7 Å². The van der Waals surface area contributed by atoms with Crippen molar-refractivity contribution in [3.8, 4) is 0 Å². The van der Waals surface area contributed by atoms with Gasteiger partial charge in [0.05, 0.1) is 21.1 Å². The van der Waals surface area contributed by atoms with Crippen LogP contribution in [0.2, 0.25) is 5.02 Å². The monoisotopic (exact) mass is 378 g/mol. The highest BCUT2D eigenvalue weighted by Crippen LogP contribution is 2.59. The maximum atomic E-state index is 12.7. The fourth-order valence-electron chi connectivity index (χ4n) is 5.79. The second-order valence-electron chi connectivity index (χ2n) is 8.07. The van der Waals surface area contributed by atoms with Crippen LogP contribution in [-0.2, 0) is 4.74 Å². The molecule has 0 aliphatic heterocycles. The molecule has 1 amide bonds. The number of methoxy groups -OCH3 is 1. The minimum Gasteiger partial charge on any atom is -0.376 e. The zero-order chi connectivity index (χ0) is 18.5. The molecule has 0 saturated heterocycles. The third-order valence-electron chi connectivity index (χ3n) is 6.83. The van der Waals surface area contributed by atoms with E-state index in [0.29, 0.717) is 18.4 Å². The van der Waals surface area contributed by atoms with Gasteiger partial charge in [0.25, 0.3) is 11.6 Å². The molecule has 7 heteroatoms. The van der Waals surface area contributed by atoms with Gasteiger partial charge in [0.15, 0.2) is 0 Å². The number of halogens is 1. The number of nitrogens with zero attached hydrogens (tertiary/aromatic N) is 1. The molecule has 4 saturated carbocycles. The van der Waals surface area contributed by atoms with Crippen LogP contribution in [-0.4, -0.2) is 30.1 Å². The van der Waals surface area contributed by atoms with Crippen molar-refractivity contribution in [1.29, 1.82) is 0 Å². The normalized spacial score (nSPS) is 34.7. The van der Waals surface area contributed by atoms with Crippen LogP contribution in [0.5, 0.6) is 0 Å². The van der Waals surface area contributed by atoms with E-state index in [0.717, 1.165) is 11.8 Å². The summed E-state index contributed by atoms with van der Waals surface area (Å²) in [6, 6.07) is 3.92. The summed E-state index contributed by atoms with van der Waals surface area (Å²) in [6.07, 6.45) is 6.05. The predicted octanol–water partition coefficient (Wildman–Crippen LogP) is 3.82. The molecule has 0 unspecified atom stereocenters. The maximum Gasteiger partial charge on any atom is 0.270 e. The highest BCUT2D eigenvalue weighted by Gasteiger charge is 2.57. The highest BCUT2D eigenvalue weighted by molar-refractivity contribution is 6.33. The number of nitro groups is 1. The van der Waals surface area contributed by atoms with Gasteiger partial charge in [0.2, 0.25) is 0 Å². The van der Waals surface area contributed by atoms with Crippen molar-refractivity contribution in [1.82, 2.24) is 5.32 Å². The Morgan fingerprint density at radius 3 is 2.42 bits per heavy atom. The van der Waals surface area contributed by atoms with Gasteiger partial charge in [-0.3, -0.25) is 14.9 Å². The molecule has 4 bridgehead atoms. The summed E-state index contributed by atoms with van der Waals surface area (Å²) in [6.45, 7) is 0.427. The molecule has 1 aromatic carbocycles. The summed E-state index contributed by atoms with van der Waals surface area (Å²) in [5.41, 5.74) is -0.331. The molecule has 4 aliphatic carbocycles. The number of amides is 1. The Morgan fingerprint density at radius 1 is 1.27 bits per heavy atom. The number of nitro benzene ring substituents is 1. The molecule has 1 aromatic rings. The van der Waals surface area contributed by atoms with Crippen molar-refractivity contribution in [3.05, 3.63) is 38.9 Å². The Morgan fingerprint density at radius 2 is 1.88 bits per heavy atom. The lowest BCUT2D eigenvalue weighted by atomic mass is 9.49. The average Bonchev–Trinajstić information content (AvgIpc) is 2.61. The van der Waals surface area contributed by atoms with Crippen LogP contribution >= 0.6 is 11.6 Å². The Hall–Kier alpha value is -1.66. The zero-order valence-corrected chi connectivity index (χ0v) is 15.5. The molecule has 4 fully saturated rings. The largest absolute Gasteiger partial charge is 0.376 e. The van der Waals surface area contributed by atoms with Gasteiger partial charge in [-0.25, -0.2) is 0 Å². The molecule has 0 heterocycles. The lowest BCUT2D eigenvalue weighted by molar-refractivity contribution is -0.384. The van der Waals surface area contributed by atoms with Gasteiger partial charge in [-0.05, 0) is 61.8 Å².